The lowest BCUT2D eigenvalue weighted by atomic mass is 10.00. The van der Waals surface area contributed by atoms with Gasteiger partial charge in [-0.15, -0.1) is 0 Å². The molecule has 1 aromatic rings. The fourth-order valence-corrected chi connectivity index (χ4v) is 2.10. The van der Waals surface area contributed by atoms with E-state index in [4.69, 9.17) is 0 Å². The fraction of sp³-hybridized carbons (Fsp3) is 0.500. The highest BCUT2D eigenvalue weighted by atomic mass is 19.4. The van der Waals surface area contributed by atoms with Crippen LogP contribution in [0.4, 0.5) is 13.2 Å². The second-order valence-corrected chi connectivity index (χ2v) is 5.69. The Morgan fingerprint density at radius 1 is 1.13 bits per heavy atom. The summed E-state index contributed by atoms with van der Waals surface area (Å²) >= 11 is 0. The topological polar surface area (TPSA) is 40.6 Å². The minimum absolute atomic E-state index is 0.324. The third-order valence-electron chi connectivity index (χ3n) is 3.31. The van der Waals surface area contributed by atoms with Crippen LogP contribution < -0.4 is 0 Å². The zero-order valence-corrected chi connectivity index (χ0v) is 13.4. The maximum Gasteiger partial charge on any atom is 0.406 e. The largest absolute Gasteiger partial charge is 0.406 e. The van der Waals surface area contributed by atoms with Crippen molar-refractivity contribution >= 4 is 11.8 Å². The molecule has 128 valence electrons. The summed E-state index contributed by atoms with van der Waals surface area (Å²) in [4.78, 5) is 25.8. The van der Waals surface area contributed by atoms with Gasteiger partial charge in [-0.3, -0.25) is 9.59 Å². The van der Waals surface area contributed by atoms with Crippen LogP contribution in [0, 0.1) is 5.92 Å². The van der Waals surface area contributed by atoms with Crippen LogP contribution in [-0.2, 0) is 16.0 Å². The van der Waals surface area contributed by atoms with Gasteiger partial charge in [0.05, 0.1) is 0 Å². The summed E-state index contributed by atoms with van der Waals surface area (Å²) < 4.78 is 38.1. The maximum atomic E-state index is 12.7. The van der Waals surface area contributed by atoms with Gasteiger partial charge in [0.15, 0.2) is 0 Å². The van der Waals surface area contributed by atoms with Crippen LogP contribution >= 0.6 is 0 Å². The minimum Gasteiger partial charge on any atom is -0.347 e. The lowest BCUT2D eigenvalue weighted by molar-refractivity contribution is -0.166. The third kappa shape index (κ3) is 6.71. The standard InChI is InChI=1S/C16H21F3N2O2/c1-12(9-13-7-5-4-6-8-13)15(23)21(11-16(17,18)19)10-14(22)20(2)3/h4-8,12H,9-11H2,1-3H3/t12-/m1/s1. The average Bonchev–Trinajstić information content (AvgIpc) is 2.45. The Hall–Kier alpha value is -2.05. The molecule has 0 heterocycles. The van der Waals surface area contributed by atoms with Gasteiger partial charge in [-0.05, 0) is 12.0 Å². The number of halogens is 3. The number of carbonyl (C=O) groups is 2. The molecule has 0 saturated carbocycles. The molecule has 0 unspecified atom stereocenters. The average molecular weight is 330 g/mol. The predicted molar refractivity (Wildman–Crippen MR) is 80.6 cm³/mol. The highest BCUT2D eigenvalue weighted by Gasteiger charge is 2.35. The van der Waals surface area contributed by atoms with E-state index < -0.39 is 37.0 Å². The summed E-state index contributed by atoms with van der Waals surface area (Å²) in [5.41, 5.74) is 0.860. The first kappa shape index (κ1) is 19.0. The molecule has 0 saturated heterocycles. The van der Waals surface area contributed by atoms with Gasteiger partial charge in [0.1, 0.15) is 13.1 Å². The fourth-order valence-electron chi connectivity index (χ4n) is 2.10. The van der Waals surface area contributed by atoms with Gasteiger partial charge in [-0.2, -0.15) is 13.2 Å². The molecule has 0 bridgehead atoms. The molecule has 0 aliphatic carbocycles. The summed E-state index contributed by atoms with van der Waals surface area (Å²) in [5, 5.41) is 0. The van der Waals surface area contributed by atoms with Gasteiger partial charge in [0.2, 0.25) is 11.8 Å². The molecule has 0 spiro atoms. The van der Waals surface area contributed by atoms with Crippen molar-refractivity contribution < 1.29 is 22.8 Å². The molecule has 1 atom stereocenters. The number of carbonyl (C=O) groups excluding carboxylic acids is 2. The number of alkyl halides is 3. The van der Waals surface area contributed by atoms with Crippen LogP contribution in [0.15, 0.2) is 30.3 Å². The van der Waals surface area contributed by atoms with Crippen LogP contribution in [0.5, 0.6) is 0 Å². The Kier molecular flexibility index (Phi) is 6.60. The van der Waals surface area contributed by atoms with E-state index in [1.165, 1.54) is 19.0 Å². The highest BCUT2D eigenvalue weighted by molar-refractivity contribution is 5.85. The van der Waals surface area contributed by atoms with Gasteiger partial charge in [-0.1, -0.05) is 37.3 Å². The summed E-state index contributed by atoms with van der Waals surface area (Å²) in [6.45, 7) is -0.437. The van der Waals surface area contributed by atoms with E-state index in [-0.39, 0.29) is 0 Å². The van der Waals surface area contributed by atoms with E-state index in [1.807, 2.05) is 18.2 Å². The first-order valence-corrected chi connectivity index (χ1v) is 7.19. The van der Waals surface area contributed by atoms with Gasteiger partial charge in [0, 0.05) is 20.0 Å². The number of hydrogen-bond acceptors (Lipinski definition) is 2. The number of hydrogen-bond donors (Lipinski definition) is 0. The molecule has 7 heteroatoms. The molecule has 0 fully saturated rings. The van der Waals surface area contributed by atoms with Gasteiger partial charge >= 0.3 is 6.18 Å². The number of likely N-dealkylation sites (N-methyl/N-ethyl adjacent to an activating group) is 1. The molecule has 0 N–H and O–H groups in total. The number of benzene rings is 1. The number of nitrogens with zero attached hydrogens (tertiary/aromatic N) is 2. The van der Waals surface area contributed by atoms with Crippen molar-refractivity contribution in [2.45, 2.75) is 19.5 Å². The summed E-state index contributed by atoms with van der Waals surface area (Å²) in [6, 6.07) is 9.04. The van der Waals surface area contributed by atoms with E-state index in [2.05, 4.69) is 0 Å². The van der Waals surface area contributed by atoms with E-state index in [0.717, 1.165) is 5.56 Å². The first-order valence-electron chi connectivity index (χ1n) is 7.19. The van der Waals surface area contributed by atoms with Crippen LogP contribution in [0.1, 0.15) is 12.5 Å². The lowest BCUT2D eigenvalue weighted by Crippen LogP contribution is -2.47. The second-order valence-electron chi connectivity index (χ2n) is 5.69. The van der Waals surface area contributed by atoms with Crippen LogP contribution in [-0.4, -0.2) is 55.0 Å². The van der Waals surface area contributed by atoms with Crippen molar-refractivity contribution in [3.63, 3.8) is 0 Å². The normalized spacial score (nSPS) is 12.6. The predicted octanol–water partition coefficient (Wildman–Crippen LogP) is 2.34. The quantitative estimate of drug-likeness (QED) is 0.803. The van der Waals surface area contributed by atoms with Crippen molar-refractivity contribution in [3.05, 3.63) is 35.9 Å². The summed E-state index contributed by atoms with van der Waals surface area (Å²) in [7, 11) is 2.87. The van der Waals surface area contributed by atoms with E-state index >= 15 is 0 Å². The molecule has 4 nitrogen and oxygen atoms in total. The van der Waals surface area contributed by atoms with Crippen molar-refractivity contribution in [1.29, 1.82) is 0 Å². The van der Waals surface area contributed by atoms with Crippen LogP contribution in [0.3, 0.4) is 0 Å². The highest BCUT2D eigenvalue weighted by Crippen LogP contribution is 2.19. The SMILES string of the molecule is C[C@H](Cc1ccccc1)C(=O)N(CC(=O)N(C)C)CC(F)(F)F. The Morgan fingerprint density at radius 3 is 2.17 bits per heavy atom. The zero-order valence-electron chi connectivity index (χ0n) is 13.4. The first-order chi connectivity index (χ1) is 10.6. The van der Waals surface area contributed by atoms with E-state index in [0.29, 0.717) is 11.3 Å². The second kappa shape index (κ2) is 7.99. The Balaban J connectivity index is 2.82. The lowest BCUT2D eigenvalue weighted by Gasteiger charge is -2.27. The monoisotopic (exact) mass is 330 g/mol. The maximum absolute atomic E-state index is 12.7. The van der Waals surface area contributed by atoms with E-state index in [1.54, 1.807) is 19.1 Å². The molecule has 2 amide bonds. The van der Waals surface area contributed by atoms with E-state index in [9.17, 15) is 22.8 Å². The van der Waals surface area contributed by atoms with Gasteiger partial charge < -0.3 is 9.80 Å². The van der Waals surface area contributed by atoms with Gasteiger partial charge in [0.25, 0.3) is 0 Å². The number of rotatable bonds is 6. The molecule has 0 aliphatic rings. The number of amides is 2. The Bertz CT molecular complexity index is 530. The van der Waals surface area contributed by atoms with Crippen LogP contribution in [0.2, 0.25) is 0 Å². The molecule has 23 heavy (non-hydrogen) atoms. The molecular weight excluding hydrogens is 309 g/mol. The molecule has 0 aromatic heterocycles. The Morgan fingerprint density at radius 2 is 1.70 bits per heavy atom. The smallest absolute Gasteiger partial charge is 0.347 e. The van der Waals surface area contributed by atoms with Crippen molar-refractivity contribution in [1.82, 2.24) is 9.80 Å². The zero-order chi connectivity index (χ0) is 17.6. The molecule has 0 aliphatic heterocycles. The van der Waals surface area contributed by atoms with Crippen molar-refractivity contribution in [3.8, 4) is 0 Å². The molecular formula is C16H21F3N2O2. The van der Waals surface area contributed by atoms with Crippen LogP contribution in [0.25, 0.3) is 0 Å². The summed E-state index contributed by atoms with van der Waals surface area (Å²) in [5.74, 6) is -1.87. The van der Waals surface area contributed by atoms with Crippen molar-refractivity contribution in [2.75, 3.05) is 27.2 Å². The van der Waals surface area contributed by atoms with Crippen molar-refractivity contribution in [2.24, 2.45) is 5.92 Å². The Labute approximate surface area is 133 Å². The van der Waals surface area contributed by atoms with Gasteiger partial charge in [-0.25, -0.2) is 0 Å². The molecule has 0 radical (unpaired) electrons. The third-order valence-corrected chi connectivity index (χ3v) is 3.31. The minimum atomic E-state index is -4.55. The molecule has 1 aromatic carbocycles. The molecule has 1 rings (SSSR count). The summed E-state index contributed by atoms with van der Waals surface area (Å²) in [6.07, 6.45) is -4.22.